The Labute approximate surface area is 116 Å². The van der Waals surface area contributed by atoms with E-state index in [1.807, 2.05) is 0 Å². The SMILES string of the molecule is COCCNC(=O)C1C(=O)N(c2ccncc2)N=C1C. The summed E-state index contributed by atoms with van der Waals surface area (Å²) in [5.41, 5.74) is 1.07. The van der Waals surface area contributed by atoms with Crippen molar-refractivity contribution in [2.24, 2.45) is 11.0 Å². The zero-order valence-electron chi connectivity index (χ0n) is 11.4. The van der Waals surface area contributed by atoms with Gasteiger partial charge in [0.2, 0.25) is 5.91 Å². The zero-order chi connectivity index (χ0) is 14.5. The van der Waals surface area contributed by atoms with Gasteiger partial charge in [0.1, 0.15) is 0 Å². The van der Waals surface area contributed by atoms with Gasteiger partial charge >= 0.3 is 0 Å². The number of ether oxygens (including phenoxy) is 1. The summed E-state index contributed by atoms with van der Waals surface area (Å²) in [6.07, 6.45) is 3.14. The van der Waals surface area contributed by atoms with Crippen LogP contribution in [0.15, 0.2) is 29.6 Å². The highest BCUT2D eigenvalue weighted by Gasteiger charge is 2.39. The molecule has 0 saturated carbocycles. The van der Waals surface area contributed by atoms with Crippen molar-refractivity contribution < 1.29 is 14.3 Å². The smallest absolute Gasteiger partial charge is 0.265 e. The minimum atomic E-state index is -0.875. The summed E-state index contributed by atoms with van der Waals surface area (Å²) in [4.78, 5) is 28.2. The molecule has 2 rings (SSSR count). The molecular weight excluding hydrogens is 260 g/mol. The van der Waals surface area contributed by atoms with Crippen LogP contribution in [0.5, 0.6) is 0 Å². The monoisotopic (exact) mass is 276 g/mol. The Morgan fingerprint density at radius 1 is 1.45 bits per heavy atom. The summed E-state index contributed by atoms with van der Waals surface area (Å²) in [6.45, 7) is 2.43. The van der Waals surface area contributed by atoms with E-state index in [0.29, 0.717) is 24.6 Å². The number of pyridine rings is 1. The van der Waals surface area contributed by atoms with Gasteiger partial charge < -0.3 is 10.1 Å². The van der Waals surface area contributed by atoms with Gasteiger partial charge in [0.25, 0.3) is 5.91 Å². The van der Waals surface area contributed by atoms with Crippen LogP contribution in [-0.4, -0.2) is 42.8 Å². The van der Waals surface area contributed by atoms with Gasteiger partial charge in [-0.15, -0.1) is 0 Å². The van der Waals surface area contributed by atoms with Crippen LogP contribution in [0.2, 0.25) is 0 Å². The number of nitrogens with zero attached hydrogens (tertiary/aromatic N) is 3. The van der Waals surface area contributed by atoms with E-state index in [1.165, 1.54) is 5.01 Å². The minimum Gasteiger partial charge on any atom is -0.383 e. The Bertz CT molecular complexity index is 530. The summed E-state index contributed by atoms with van der Waals surface area (Å²) >= 11 is 0. The third-order valence-electron chi connectivity index (χ3n) is 2.91. The quantitative estimate of drug-likeness (QED) is 0.614. The van der Waals surface area contributed by atoms with Gasteiger partial charge in [0, 0.05) is 26.0 Å². The number of anilines is 1. The summed E-state index contributed by atoms with van der Waals surface area (Å²) in [5, 5.41) is 8.04. The van der Waals surface area contributed by atoms with Crippen LogP contribution >= 0.6 is 0 Å². The Morgan fingerprint density at radius 3 is 2.80 bits per heavy atom. The maximum atomic E-state index is 12.3. The number of hydrazone groups is 1. The zero-order valence-corrected chi connectivity index (χ0v) is 11.4. The molecule has 1 unspecified atom stereocenters. The predicted molar refractivity (Wildman–Crippen MR) is 73.2 cm³/mol. The molecule has 1 N–H and O–H groups in total. The fourth-order valence-electron chi connectivity index (χ4n) is 1.92. The number of carbonyl (C=O) groups is 2. The molecule has 1 aliphatic rings. The molecule has 1 aliphatic heterocycles. The van der Waals surface area contributed by atoms with Crippen molar-refractivity contribution in [1.82, 2.24) is 10.3 Å². The van der Waals surface area contributed by atoms with Gasteiger partial charge in [-0.1, -0.05) is 0 Å². The van der Waals surface area contributed by atoms with Crippen molar-refractivity contribution in [2.75, 3.05) is 25.3 Å². The normalized spacial score (nSPS) is 18.1. The number of hydrogen-bond acceptors (Lipinski definition) is 5. The molecule has 0 spiro atoms. The number of amides is 2. The van der Waals surface area contributed by atoms with Crippen LogP contribution in [0.3, 0.4) is 0 Å². The lowest BCUT2D eigenvalue weighted by Gasteiger charge is -2.14. The predicted octanol–water partition coefficient (Wildman–Crippen LogP) is 0.183. The molecule has 2 amide bonds. The number of hydrogen-bond donors (Lipinski definition) is 1. The standard InChI is InChI=1S/C13H16N4O3/c1-9-11(12(18)15-7-8-20-2)13(19)17(16-9)10-3-5-14-6-4-10/h3-6,11H,7-8H2,1-2H3,(H,15,18). The van der Waals surface area contributed by atoms with Gasteiger partial charge in [-0.25, -0.2) is 0 Å². The second-order valence-corrected chi connectivity index (χ2v) is 4.31. The summed E-state index contributed by atoms with van der Waals surface area (Å²) in [7, 11) is 1.55. The molecule has 0 saturated heterocycles. The van der Waals surface area contributed by atoms with Crippen molar-refractivity contribution in [3.63, 3.8) is 0 Å². The maximum Gasteiger partial charge on any atom is 0.265 e. The second kappa shape index (κ2) is 6.25. The molecule has 1 aromatic heterocycles. The summed E-state index contributed by atoms with van der Waals surface area (Å²) in [5.74, 6) is -1.59. The van der Waals surface area contributed by atoms with Gasteiger partial charge in [-0.3, -0.25) is 14.6 Å². The van der Waals surface area contributed by atoms with E-state index in [-0.39, 0.29) is 11.8 Å². The van der Waals surface area contributed by atoms with Crippen LogP contribution in [0.25, 0.3) is 0 Å². The van der Waals surface area contributed by atoms with Crippen LogP contribution in [0.4, 0.5) is 5.69 Å². The largest absolute Gasteiger partial charge is 0.383 e. The van der Waals surface area contributed by atoms with Crippen molar-refractivity contribution in [1.29, 1.82) is 0 Å². The van der Waals surface area contributed by atoms with E-state index >= 15 is 0 Å². The fraction of sp³-hybridized carbons (Fsp3) is 0.385. The number of aromatic nitrogens is 1. The van der Waals surface area contributed by atoms with E-state index in [2.05, 4.69) is 15.4 Å². The Morgan fingerprint density at radius 2 is 2.15 bits per heavy atom. The lowest BCUT2D eigenvalue weighted by molar-refractivity contribution is -0.130. The lowest BCUT2D eigenvalue weighted by atomic mass is 10.0. The Kier molecular flexibility index (Phi) is 4.41. The van der Waals surface area contributed by atoms with Crippen molar-refractivity contribution in [3.8, 4) is 0 Å². The second-order valence-electron chi connectivity index (χ2n) is 4.31. The van der Waals surface area contributed by atoms with Crippen LogP contribution < -0.4 is 10.3 Å². The lowest BCUT2D eigenvalue weighted by Crippen LogP contribution is -2.41. The molecule has 7 heteroatoms. The first-order valence-electron chi connectivity index (χ1n) is 6.21. The minimum absolute atomic E-state index is 0.357. The molecule has 1 aromatic rings. The number of methoxy groups -OCH3 is 1. The molecule has 106 valence electrons. The van der Waals surface area contributed by atoms with E-state index in [1.54, 1.807) is 38.6 Å². The van der Waals surface area contributed by atoms with Crippen molar-refractivity contribution in [3.05, 3.63) is 24.5 Å². The molecule has 20 heavy (non-hydrogen) atoms. The van der Waals surface area contributed by atoms with E-state index in [4.69, 9.17) is 4.74 Å². The first-order valence-corrected chi connectivity index (χ1v) is 6.21. The molecule has 0 aliphatic carbocycles. The van der Waals surface area contributed by atoms with Crippen molar-refractivity contribution in [2.45, 2.75) is 6.92 Å². The van der Waals surface area contributed by atoms with E-state index in [9.17, 15) is 9.59 Å². The maximum absolute atomic E-state index is 12.3. The number of rotatable bonds is 5. The highest BCUT2D eigenvalue weighted by molar-refractivity contribution is 6.26. The molecule has 0 aromatic carbocycles. The fourth-order valence-corrected chi connectivity index (χ4v) is 1.92. The Hall–Kier alpha value is -2.28. The van der Waals surface area contributed by atoms with Crippen LogP contribution in [0.1, 0.15) is 6.92 Å². The average Bonchev–Trinajstić information content (AvgIpc) is 2.75. The molecular formula is C13H16N4O3. The summed E-state index contributed by atoms with van der Waals surface area (Å²) < 4.78 is 4.85. The molecule has 0 fully saturated rings. The summed E-state index contributed by atoms with van der Waals surface area (Å²) in [6, 6.07) is 3.33. The third-order valence-corrected chi connectivity index (χ3v) is 2.91. The van der Waals surface area contributed by atoms with Crippen LogP contribution in [0, 0.1) is 5.92 Å². The third kappa shape index (κ3) is 2.83. The van der Waals surface area contributed by atoms with E-state index < -0.39 is 5.92 Å². The van der Waals surface area contributed by atoms with Gasteiger partial charge in [-0.05, 0) is 19.1 Å². The average molecular weight is 276 g/mol. The van der Waals surface area contributed by atoms with Gasteiger partial charge in [0.15, 0.2) is 5.92 Å². The van der Waals surface area contributed by atoms with Crippen LogP contribution in [-0.2, 0) is 14.3 Å². The first-order chi connectivity index (χ1) is 9.65. The number of nitrogens with one attached hydrogen (secondary N) is 1. The molecule has 0 radical (unpaired) electrons. The molecule has 1 atom stereocenters. The number of carbonyl (C=O) groups excluding carboxylic acids is 2. The van der Waals surface area contributed by atoms with Crippen molar-refractivity contribution >= 4 is 23.2 Å². The molecule has 7 nitrogen and oxygen atoms in total. The first kappa shape index (κ1) is 14.1. The highest BCUT2D eigenvalue weighted by Crippen LogP contribution is 2.23. The topological polar surface area (TPSA) is 83.9 Å². The highest BCUT2D eigenvalue weighted by atomic mass is 16.5. The van der Waals surface area contributed by atoms with Gasteiger partial charge in [0.05, 0.1) is 18.0 Å². The molecule has 2 heterocycles. The van der Waals surface area contributed by atoms with E-state index in [0.717, 1.165) is 0 Å². The molecule has 0 bridgehead atoms. The van der Waals surface area contributed by atoms with Gasteiger partial charge in [-0.2, -0.15) is 10.1 Å². The Balaban J connectivity index is 2.09.